The van der Waals surface area contributed by atoms with Gasteiger partial charge in [-0.3, -0.25) is 0 Å². The minimum absolute atomic E-state index is 0.0456. The molecule has 0 saturated heterocycles. The Kier molecular flexibility index (Phi) is 5.81. The first kappa shape index (κ1) is 14.8. The van der Waals surface area contributed by atoms with Gasteiger partial charge in [0.25, 0.3) is 10.2 Å². The first-order valence-electron chi connectivity index (χ1n) is 5.97. The van der Waals surface area contributed by atoms with Gasteiger partial charge in [0, 0.05) is 20.2 Å². The molecule has 102 valence electrons. The molecule has 0 unspecified atom stereocenters. The summed E-state index contributed by atoms with van der Waals surface area (Å²) in [5.41, 5.74) is 5.70. The average molecular weight is 265 g/mol. The van der Waals surface area contributed by atoms with Crippen LogP contribution in [0.25, 0.3) is 0 Å². The van der Waals surface area contributed by atoms with Gasteiger partial charge in [-0.15, -0.1) is 0 Å². The van der Waals surface area contributed by atoms with Gasteiger partial charge in [0.2, 0.25) is 0 Å². The molecular weight excluding hydrogens is 242 g/mol. The standard InChI is InChI=1S/C10H23N3O3S/c1-16-7-6-12-17(14,15)13-9-10(8-11)4-2-3-5-10/h12-13H,2-9,11H2,1H3. The lowest BCUT2D eigenvalue weighted by Gasteiger charge is -2.27. The van der Waals surface area contributed by atoms with Gasteiger partial charge in [0.1, 0.15) is 0 Å². The van der Waals surface area contributed by atoms with E-state index in [4.69, 9.17) is 10.5 Å². The van der Waals surface area contributed by atoms with Crippen molar-refractivity contribution < 1.29 is 13.2 Å². The van der Waals surface area contributed by atoms with Gasteiger partial charge in [0.05, 0.1) is 6.61 Å². The lowest BCUT2D eigenvalue weighted by molar-refractivity contribution is 0.204. The van der Waals surface area contributed by atoms with Crippen molar-refractivity contribution >= 4 is 10.2 Å². The van der Waals surface area contributed by atoms with Gasteiger partial charge in [-0.05, 0) is 24.8 Å². The summed E-state index contributed by atoms with van der Waals surface area (Å²) in [6.45, 7) is 1.60. The molecule has 0 amide bonds. The Bertz CT molecular complexity index is 313. The molecule has 17 heavy (non-hydrogen) atoms. The Labute approximate surface area is 103 Å². The summed E-state index contributed by atoms with van der Waals surface area (Å²) in [7, 11) is -1.89. The molecule has 0 atom stereocenters. The molecular formula is C10H23N3O3S. The second-order valence-corrected chi connectivity index (χ2v) is 6.21. The number of methoxy groups -OCH3 is 1. The molecule has 1 fully saturated rings. The summed E-state index contributed by atoms with van der Waals surface area (Å²) in [4.78, 5) is 0. The lowest BCUT2D eigenvalue weighted by Crippen LogP contribution is -2.45. The maximum Gasteiger partial charge on any atom is 0.277 e. The third-order valence-corrected chi connectivity index (χ3v) is 4.44. The Morgan fingerprint density at radius 1 is 1.29 bits per heavy atom. The third-order valence-electron chi connectivity index (χ3n) is 3.33. The fraction of sp³-hybridized carbons (Fsp3) is 1.00. The van der Waals surface area contributed by atoms with Crippen LogP contribution < -0.4 is 15.2 Å². The first-order valence-corrected chi connectivity index (χ1v) is 7.45. The van der Waals surface area contributed by atoms with Gasteiger partial charge in [0.15, 0.2) is 0 Å². The van der Waals surface area contributed by atoms with E-state index in [1.54, 1.807) is 0 Å². The highest BCUT2D eigenvalue weighted by Gasteiger charge is 2.33. The van der Waals surface area contributed by atoms with Crippen LogP contribution in [0.15, 0.2) is 0 Å². The van der Waals surface area contributed by atoms with E-state index < -0.39 is 10.2 Å². The predicted molar refractivity (Wildman–Crippen MR) is 66.8 cm³/mol. The van der Waals surface area contributed by atoms with Gasteiger partial charge in [-0.1, -0.05) is 12.8 Å². The maximum absolute atomic E-state index is 11.6. The first-order chi connectivity index (χ1) is 8.04. The largest absolute Gasteiger partial charge is 0.383 e. The fourth-order valence-electron chi connectivity index (χ4n) is 2.16. The highest BCUT2D eigenvalue weighted by Crippen LogP contribution is 2.36. The molecule has 0 aromatic rings. The zero-order chi connectivity index (χ0) is 12.8. The highest BCUT2D eigenvalue weighted by molar-refractivity contribution is 7.87. The summed E-state index contributed by atoms with van der Waals surface area (Å²) in [6, 6.07) is 0. The second kappa shape index (κ2) is 6.65. The van der Waals surface area contributed by atoms with Gasteiger partial charge < -0.3 is 10.5 Å². The van der Waals surface area contributed by atoms with Crippen molar-refractivity contribution in [3.63, 3.8) is 0 Å². The molecule has 0 aromatic heterocycles. The quantitative estimate of drug-likeness (QED) is 0.519. The van der Waals surface area contributed by atoms with Crippen LogP contribution in [0.2, 0.25) is 0 Å². The van der Waals surface area contributed by atoms with Crippen LogP contribution in [-0.4, -0.2) is 41.8 Å². The van der Waals surface area contributed by atoms with E-state index >= 15 is 0 Å². The van der Waals surface area contributed by atoms with E-state index in [1.165, 1.54) is 7.11 Å². The smallest absolute Gasteiger partial charge is 0.277 e. The van der Waals surface area contributed by atoms with Gasteiger partial charge in [-0.2, -0.15) is 13.1 Å². The molecule has 0 aliphatic heterocycles. The summed E-state index contributed by atoms with van der Waals surface area (Å²) in [6.07, 6.45) is 4.28. The lowest BCUT2D eigenvalue weighted by atomic mass is 9.87. The van der Waals surface area contributed by atoms with Crippen LogP contribution in [0.5, 0.6) is 0 Å². The maximum atomic E-state index is 11.6. The van der Waals surface area contributed by atoms with Crippen LogP contribution in [0.3, 0.4) is 0 Å². The Morgan fingerprint density at radius 2 is 1.94 bits per heavy atom. The molecule has 1 saturated carbocycles. The number of rotatable bonds is 8. The molecule has 0 heterocycles. The van der Waals surface area contributed by atoms with Crippen LogP contribution in [0, 0.1) is 5.41 Å². The Morgan fingerprint density at radius 3 is 2.47 bits per heavy atom. The van der Waals surface area contributed by atoms with Crippen molar-refractivity contribution in [3.05, 3.63) is 0 Å². The van der Waals surface area contributed by atoms with Crippen LogP contribution in [-0.2, 0) is 14.9 Å². The van der Waals surface area contributed by atoms with E-state index in [9.17, 15) is 8.42 Å². The van der Waals surface area contributed by atoms with E-state index in [0.717, 1.165) is 25.7 Å². The molecule has 6 nitrogen and oxygen atoms in total. The zero-order valence-corrected chi connectivity index (χ0v) is 11.2. The van der Waals surface area contributed by atoms with Crippen molar-refractivity contribution in [3.8, 4) is 0 Å². The van der Waals surface area contributed by atoms with E-state index in [-0.39, 0.29) is 12.0 Å². The van der Waals surface area contributed by atoms with Crippen molar-refractivity contribution in [1.29, 1.82) is 0 Å². The minimum atomic E-state index is -3.43. The number of nitrogens with one attached hydrogen (secondary N) is 2. The fourth-order valence-corrected chi connectivity index (χ4v) is 3.11. The van der Waals surface area contributed by atoms with Crippen molar-refractivity contribution in [2.24, 2.45) is 11.1 Å². The van der Waals surface area contributed by atoms with Crippen LogP contribution in [0.1, 0.15) is 25.7 Å². The number of ether oxygens (including phenoxy) is 1. The molecule has 7 heteroatoms. The average Bonchev–Trinajstić information content (AvgIpc) is 2.76. The second-order valence-electron chi connectivity index (χ2n) is 4.62. The molecule has 4 N–H and O–H groups in total. The SMILES string of the molecule is COCCNS(=O)(=O)NCC1(CN)CCCC1. The predicted octanol–water partition coefficient (Wildman–Crippen LogP) is -0.424. The summed E-state index contributed by atoms with van der Waals surface area (Å²) in [5.74, 6) is 0. The Hall–Kier alpha value is -0.210. The van der Waals surface area contributed by atoms with E-state index in [0.29, 0.717) is 19.7 Å². The molecule has 1 aliphatic carbocycles. The summed E-state index contributed by atoms with van der Waals surface area (Å²) in [5, 5.41) is 0. The topological polar surface area (TPSA) is 93.4 Å². The molecule has 0 bridgehead atoms. The minimum Gasteiger partial charge on any atom is -0.383 e. The van der Waals surface area contributed by atoms with E-state index in [2.05, 4.69) is 9.44 Å². The van der Waals surface area contributed by atoms with Crippen LogP contribution >= 0.6 is 0 Å². The summed E-state index contributed by atoms with van der Waals surface area (Å²) < 4.78 is 33.0. The van der Waals surface area contributed by atoms with E-state index in [1.807, 2.05) is 0 Å². The number of hydrogen-bond acceptors (Lipinski definition) is 4. The van der Waals surface area contributed by atoms with Crippen LogP contribution in [0.4, 0.5) is 0 Å². The van der Waals surface area contributed by atoms with Crippen molar-refractivity contribution in [2.75, 3.05) is 33.4 Å². The molecule has 0 aromatic carbocycles. The normalized spacial score (nSPS) is 19.6. The van der Waals surface area contributed by atoms with Crippen molar-refractivity contribution in [1.82, 2.24) is 9.44 Å². The highest BCUT2D eigenvalue weighted by atomic mass is 32.2. The third kappa shape index (κ3) is 4.89. The molecule has 0 spiro atoms. The molecule has 1 rings (SSSR count). The molecule has 1 aliphatic rings. The van der Waals surface area contributed by atoms with Crippen molar-refractivity contribution in [2.45, 2.75) is 25.7 Å². The Balaban J connectivity index is 2.37. The van der Waals surface area contributed by atoms with Gasteiger partial charge >= 0.3 is 0 Å². The zero-order valence-electron chi connectivity index (χ0n) is 10.4. The monoisotopic (exact) mass is 265 g/mol. The number of nitrogens with two attached hydrogens (primary N) is 1. The van der Waals surface area contributed by atoms with Gasteiger partial charge in [-0.25, -0.2) is 4.72 Å². The summed E-state index contributed by atoms with van der Waals surface area (Å²) >= 11 is 0. The molecule has 0 radical (unpaired) electrons. The number of hydrogen-bond donors (Lipinski definition) is 3.